The van der Waals surface area contributed by atoms with Gasteiger partial charge in [-0.25, -0.2) is 0 Å². The van der Waals surface area contributed by atoms with Crippen LogP contribution in [-0.4, -0.2) is 16.3 Å². The van der Waals surface area contributed by atoms with Crippen LogP contribution in [0.5, 0.6) is 0 Å². The molecule has 0 fully saturated rings. The summed E-state index contributed by atoms with van der Waals surface area (Å²) < 4.78 is 1.93. The Labute approximate surface area is 102 Å². The third-order valence-corrected chi connectivity index (χ3v) is 3.13. The predicted octanol–water partition coefficient (Wildman–Crippen LogP) is 2.21. The van der Waals surface area contributed by atoms with Crippen molar-refractivity contribution >= 4 is 0 Å². The minimum atomic E-state index is 0.642. The molecule has 0 saturated carbocycles. The Morgan fingerprint density at radius 2 is 1.94 bits per heavy atom. The van der Waals surface area contributed by atoms with Crippen molar-refractivity contribution in [3.63, 3.8) is 0 Å². The molecule has 3 heteroatoms. The van der Waals surface area contributed by atoms with Crippen molar-refractivity contribution in [3.8, 4) is 11.3 Å². The monoisotopic (exact) mass is 229 g/mol. The Morgan fingerprint density at radius 3 is 2.59 bits per heavy atom. The normalized spacial score (nSPS) is 10.8. The molecule has 90 valence electrons. The van der Waals surface area contributed by atoms with E-state index in [0.29, 0.717) is 6.54 Å². The van der Waals surface area contributed by atoms with Crippen LogP contribution in [0.2, 0.25) is 0 Å². The maximum atomic E-state index is 5.55. The van der Waals surface area contributed by atoms with Gasteiger partial charge in [-0.3, -0.25) is 4.68 Å². The van der Waals surface area contributed by atoms with Crippen molar-refractivity contribution in [1.82, 2.24) is 9.78 Å². The highest BCUT2D eigenvalue weighted by Gasteiger charge is 2.07. The minimum absolute atomic E-state index is 0.642. The molecule has 0 aliphatic carbocycles. The molecular weight excluding hydrogens is 210 g/mol. The Morgan fingerprint density at radius 1 is 1.18 bits per heavy atom. The summed E-state index contributed by atoms with van der Waals surface area (Å²) in [5.74, 6) is 0. The standard InChI is InChI=1S/C14H19N3/c1-10-4-5-12(8-11(10)2)14-9-13(6-7-15)16-17(14)3/h4-5,8-9H,6-7,15H2,1-3H3. The van der Waals surface area contributed by atoms with Gasteiger partial charge in [-0.15, -0.1) is 0 Å². The van der Waals surface area contributed by atoms with E-state index in [-0.39, 0.29) is 0 Å². The second-order valence-electron chi connectivity index (χ2n) is 4.48. The van der Waals surface area contributed by atoms with Gasteiger partial charge in [0, 0.05) is 19.0 Å². The molecule has 0 radical (unpaired) electrons. The fourth-order valence-corrected chi connectivity index (χ4v) is 1.97. The summed E-state index contributed by atoms with van der Waals surface area (Å²) in [6, 6.07) is 8.63. The van der Waals surface area contributed by atoms with E-state index in [4.69, 9.17) is 5.73 Å². The molecule has 17 heavy (non-hydrogen) atoms. The van der Waals surface area contributed by atoms with Gasteiger partial charge in [0.2, 0.25) is 0 Å². The van der Waals surface area contributed by atoms with Gasteiger partial charge < -0.3 is 5.73 Å². The molecule has 1 aromatic heterocycles. The molecule has 3 nitrogen and oxygen atoms in total. The average Bonchev–Trinajstić information content (AvgIpc) is 2.64. The third-order valence-electron chi connectivity index (χ3n) is 3.13. The topological polar surface area (TPSA) is 43.8 Å². The van der Waals surface area contributed by atoms with Gasteiger partial charge in [0.15, 0.2) is 0 Å². The molecular formula is C14H19N3. The van der Waals surface area contributed by atoms with Crippen molar-refractivity contribution in [2.45, 2.75) is 20.3 Å². The second kappa shape index (κ2) is 4.72. The Kier molecular flexibility index (Phi) is 3.29. The summed E-state index contributed by atoms with van der Waals surface area (Å²) in [5, 5.41) is 4.47. The van der Waals surface area contributed by atoms with Gasteiger partial charge in [0.1, 0.15) is 0 Å². The third kappa shape index (κ3) is 2.39. The van der Waals surface area contributed by atoms with Crippen LogP contribution in [0.1, 0.15) is 16.8 Å². The molecule has 0 bridgehead atoms. The van der Waals surface area contributed by atoms with Crippen molar-refractivity contribution < 1.29 is 0 Å². The fraction of sp³-hybridized carbons (Fsp3) is 0.357. The van der Waals surface area contributed by atoms with E-state index in [2.05, 4.69) is 43.2 Å². The van der Waals surface area contributed by atoms with Gasteiger partial charge in [0.25, 0.3) is 0 Å². The van der Waals surface area contributed by atoms with Crippen LogP contribution >= 0.6 is 0 Å². The van der Waals surface area contributed by atoms with Gasteiger partial charge in [-0.05, 0) is 43.7 Å². The highest BCUT2D eigenvalue weighted by molar-refractivity contribution is 5.61. The van der Waals surface area contributed by atoms with Crippen LogP contribution in [0.15, 0.2) is 24.3 Å². The Balaban J connectivity index is 2.41. The number of rotatable bonds is 3. The summed E-state index contributed by atoms with van der Waals surface area (Å²) in [7, 11) is 1.98. The van der Waals surface area contributed by atoms with E-state index in [9.17, 15) is 0 Å². The maximum Gasteiger partial charge on any atom is 0.0681 e. The van der Waals surface area contributed by atoms with Crippen molar-refractivity contribution in [2.75, 3.05) is 6.54 Å². The largest absolute Gasteiger partial charge is 0.330 e. The summed E-state index contributed by atoms with van der Waals surface area (Å²) in [4.78, 5) is 0. The molecule has 2 N–H and O–H groups in total. The summed E-state index contributed by atoms with van der Waals surface area (Å²) in [5.41, 5.74) is 11.6. The quantitative estimate of drug-likeness (QED) is 0.877. The molecule has 2 rings (SSSR count). The molecule has 0 saturated heterocycles. The lowest BCUT2D eigenvalue weighted by molar-refractivity contribution is 0.745. The van der Waals surface area contributed by atoms with Crippen LogP contribution in [0.25, 0.3) is 11.3 Å². The van der Waals surface area contributed by atoms with E-state index < -0.39 is 0 Å². The molecule has 0 unspecified atom stereocenters. The summed E-state index contributed by atoms with van der Waals surface area (Å²) in [6.45, 7) is 4.90. The SMILES string of the molecule is Cc1ccc(-c2cc(CCN)nn2C)cc1C. The van der Waals surface area contributed by atoms with Crippen LogP contribution in [0.4, 0.5) is 0 Å². The highest BCUT2D eigenvalue weighted by Crippen LogP contribution is 2.22. The zero-order valence-electron chi connectivity index (χ0n) is 10.7. The van der Waals surface area contributed by atoms with Crippen LogP contribution < -0.4 is 5.73 Å². The second-order valence-corrected chi connectivity index (χ2v) is 4.48. The first-order valence-electron chi connectivity index (χ1n) is 5.92. The van der Waals surface area contributed by atoms with Gasteiger partial charge >= 0.3 is 0 Å². The van der Waals surface area contributed by atoms with E-state index in [0.717, 1.165) is 17.8 Å². The van der Waals surface area contributed by atoms with Crippen LogP contribution in [0, 0.1) is 13.8 Å². The molecule has 1 aromatic carbocycles. The number of aryl methyl sites for hydroxylation is 3. The maximum absolute atomic E-state index is 5.55. The Bertz CT molecular complexity index is 526. The predicted molar refractivity (Wildman–Crippen MR) is 70.9 cm³/mol. The molecule has 0 amide bonds. The molecule has 0 aliphatic rings. The first-order chi connectivity index (χ1) is 8.11. The minimum Gasteiger partial charge on any atom is -0.330 e. The lowest BCUT2D eigenvalue weighted by Gasteiger charge is -2.05. The summed E-state index contributed by atoms with van der Waals surface area (Å²) in [6.07, 6.45) is 0.832. The van der Waals surface area contributed by atoms with Gasteiger partial charge in [-0.2, -0.15) is 5.10 Å². The van der Waals surface area contributed by atoms with E-state index in [1.807, 2.05) is 11.7 Å². The number of hydrogen-bond acceptors (Lipinski definition) is 2. The zero-order chi connectivity index (χ0) is 12.4. The van der Waals surface area contributed by atoms with Crippen molar-refractivity contribution in [1.29, 1.82) is 0 Å². The number of benzene rings is 1. The molecule has 1 heterocycles. The lowest BCUT2D eigenvalue weighted by Crippen LogP contribution is -2.03. The number of nitrogens with two attached hydrogens (primary N) is 1. The van der Waals surface area contributed by atoms with Crippen LogP contribution in [-0.2, 0) is 13.5 Å². The van der Waals surface area contributed by atoms with E-state index in [1.54, 1.807) is 0 Å². The summed E-state index contributed by atoms with van der Waals surface area (Å²) >= 11 is 0. The molecule has 2 aromatic rings. The van der Waals surface area contributed by atoms with Gasteiger partial charge in [0.05, 0.1) is 11.4 Å². The van der Waals surface area contributed by atoms with Gasteiger partial charge in [-0.1, -0.05) is 12.1 Å². The fourth-order valence-electron chi connectivity index (χ4n) is 1.97. The van der Waals surface area contributed by atoms with Crippen molar-refractivity contribution in [3.05, 3.63) is 41.1 Å². The number of hydrogen-bond donors (Lipinski definition) is 1. The van der Waals surface area contributed by atoms with Crippen LogP contribution in [0.3, 0.4) is 0 Å². The van der Waals surface area contributed by atoms with E-state index in [1.165, 1.54) is 16.7 Å². The number of aromatic nitrogens is 2. The average molecular weight is 229 g/mol. The first-order valence-corrected chi connectivity index (χ1v) is 5.92. The zero-order valence-corrected chi connectivity index (χ0v) is 10.7. The molecule has 0 atom stereocenters. The van der Waals surface area contributed by atoms with E-state index >= 15 is 0 Å². The smallest absolute Gasteiger partial charge is 0.0681 e. The number of nitrogens with zero attached hydrogens (tertiary/aromatic N) is 2. The molecule has 0 spiro atoms. The molecule has 0 aliphatic heterocycles. The lowest BCUT2D eigenvalue weighted by atomic mass is 10.0. The first kappa shape index (κ1) is 11.9. The highest BCUT2D eigenvalue weighted by atomic mass is 15.3. The van der Waals surface area contributed by atoms with Crippen molar-refractivity contribution in [2.24, 2.45) is 12.8 Å². The Hall–Kier alpha value is -1.61.